The lowest BCUT2D eigenvalue weighted by atomic mass is 10.0. The number of rotatable bonds is 6. The minimum Gasteiger partial charge on any atom is -0.306 e. The molecule has 0 saturated heterocycles. The molecule has 0 spiro atoms. The minimum absolute atomic E-state index is 0.539. The molecule has 12 rings (SSSR count). The van der Waals surface area contributed by atoms with Gasteiger partial charge in [-0.2, -0.15) is 9.97 Å². The van der Waals surface area contributed by atoms with Crippen LogP contribution in [-0.2, 0) is 0 Å². The van der Waals surface area contributed by atoms with Gasteiger partial charge in [0.25, 0.3) is 0 Å². The second-order valence-corrected chi connectivity index (χ2v) is 14.7. The molecule has 276 valence electrons. The zero-order valence-electron chi connectivity index (χ0n) is 31.7. The molecule has 59 heavy (non-hydrogen) atoms. The van der Waals surface area contributed by atoms with Gasteiger partial charge < -0.3 is 9.13 Å². The summed E-state index contributed by atoms with van der Waals surface area (Å²) in [4.78, 5) is 20.8. The highest BCUT2D eigenvalue weighted by Gasteiger charge is 2.29. The molecule has 5 aromatic heterocycles. The summed E-state index contributed by atoms with van der Waals surface area (Å²) in [6, 6.07) is 67.4. The third-order valence-electron chi connectivity index (χ3n) is 11.3. The van der Waals surface area contributed by atoms with Gasteiger partial charge in [-0.05, 0) is 53.2 Å². The lowest BCUT2D eigenvalue weighted by molar-refractivity contribution is 0.953. The Hall–Kier alpha value is -8.16. The van der Waals surface area contributed by atoms with Crippen LogP contribution in [0.15, 0.2) is 200 Å². The number of para-hydroxylation sites is 3. The molecule has 7 nitrogen and oxygen atoms in total. The Morgan fingerprint density at radius 2 is 0.881 bits per heavy atom. The van der Waals surface area contributed by atoms with E-state index in [0.717, 1.165) is 77.6 Å². The van der Waals surface area contributed by atoms with Crippen molar-refractivity contribution in [3.63, 3.8) is 0 Å². The highest BCUT2D eigenvalue weighted by Crippen LogP contribution is 2.45. The fourth-order valence-corrected chi connectivity index (χ4v) is 8.69. The summed E-state index contributed by atoms with van der Waals surface area (Å²) in [5.41, 5.74) is 12.1. The Morgan fingerprint density at radius 3 is 1.51 bits per heavy atom. The average molecular weight is 756 g/mol. The van der Waals surface area contributed by atoms with Gasteiger partial charge in [0.15, 0.2) is 11.6 Å². The summed E-state index contributed by atoms with van der Waals surface area (Å²) in [7, 11) is 0. The van der Waals surface area contributed by atoms with Crippen LogP contribution in [0.25, 0.3) is 106 Å². The van der Waals surface area contributed by atoms with Crippen LogP contribution in [0.3, 0.4) is 0 Å². The van der Waals surface area contributed by atoms with Gasteiger partial charge in [-0.15, -0.1) is 0 Å². The Kier molecular flexibility index (Phi) is 7.40. The molecule has 0 aliphatic rings. The first-order chi connectivity index (χ1) is 29.3. The Bertz CT molecular complexity index is 3470. The van der Waals surface area contributed by atoms with Crippen molar-refractivity contribution in [1.29, 1.82) is 0 Å². The van der Waals surface area contributed by atoms with Crippen LogP contribution in [0.5, 0.6) is 0 Å². The standard InChI is InChI=1S/C52H33N7/c1-4-17-35(18-5-1)50-54-51(36-19-6-2-7-20-36)56-52(55-50)59-45-27-15-13-25-42(45)47-49(59)48-46(41-24-12-14-26-44(41)57(48)39-22-8-3-9-23-39)58(47)40-30-31-43(53-33-40)38-29-28-34-16-10-11-21-37(34)32-38/h1-33H. The van der Waals surface area contributed by atoms with E-state index in [1.165, 1.54) is 10.8 Å². The van der Waals surface area contributed by atoms with Crippen LogP contribution < -0.4 is 0 Å². The fraction of sp³-hybridized carbons (Fsp3) is 0. The van der Waals surface area contributed by atoms with Gasteiger partial charge >= 0.3 is 0 Å². The van der Waals surface area contributed by atoms with Crippen LogP contribution in [0.1, 0.15) is 0 Å². The number of hydrogen-bond donors (Lipinski definition) is 0. The molecule has 0 atom stereocenters. The first-order valence-electron chi connectivity index (χ1n) is 19.7. The van der Waals surface area contributed by atoms with Gasteiger partial charge in [0.05, 0.1) is 45.2 Å². The first kappa shape index (κ1) is 33.0. The van der Waals surface area contributed by atoms with Gasteiger partial charge in [-0.3, -0.25) is 9.55 Å². The van der Waals surface area contributed by atoms with E-state index in [1.807, 2.05) is 66.9 Å². The summed E-state index contributed by atoms with van der Waals surface area (Å²) < 4.78 is 7.01. The molecule has 0 bridgehead atoms. The maximum absolute atomic E-state index is 5.29. The monoisotopic (exact) mass is 755 g/mol. The van der Waals surface area contributed by atoms with E-state index in [1.54, 1.807) is 0 Å². The topological polar surface area (TPSA) is 66.3 Å². The van der Waals surface area contributed by atoms with Crippen molar-refractivity contribution in [2.75, 3.05) is 0 Å². The minimum atomic E-state index is 0.539. The van der Waals surface area contributed by atoms with Gasteiger partial charge in [0, 0.05) is 33.2 Å². The lowest BCUT2D eigenvalue weighted by Gasteiger charge is -2.12. The zero-order valence-corrected chi connectivity index (χ0v) is 31.7. The zero-order chi connectivity index (χ0) is 38.9. The quantitative estimate of drug-likeness (QED) is 0.169. The van der Waals surface area contributed by atoms with Gasteiger partial charge in [0.2, 0.25) is 5.95 Å². The molecule has 0 aliphatic heterocycles. The molecule has 0 amide bonds. The predicted molar refractivity (Wildman–Crippen MR) is 239 cm³/mol. The second-order valence-electron chi connectivity index (χ2n) is 14.7. The third-order valence-corrected chi connectivity index (χ3v) is 11.3. The molecule has 0 N–H and O–H groups in total. The van der Waals surface area contributed by atoms with Crippen molar-refractivity contribution in [2.45, 2.75) is 0 Å². The number of benzene rings is 7. The second kappa shape index (κ2) is 13.2. The van der Waals surface area contributed by atoms with Crippen molar-refractivity contribution >= 4 is 54.6 Å². The molecule has 0 radical (unpaired) electrons. The smallest absolute Gasteiger partial charge is 0.238 e. The van der Waals surface area contributed by atoms with Crippen molar-refractivity contribution in [3.05, 3.63) is 200 Å². The number of hydrogen-bond acceptors (Lipinski definition) is 4. The number of pyridine rings is 1. The Morgan fingerprint density at radius 1 is 0.339 bits per heavy atom. The number of fused-ring (bicyclic) bond motifs is 8. The van der Waals surface area contributed by atoms with Crippen molar-refractivity contribution in [3.8, 4) is 51.4 Å². The molecule has 0 fully saturated rings. The summed E-state index contributed by atoms with van der Waals surface area (Å²) in [6.45, 7) is 0. The number of aromatic nitrogens is 7. The van der Waals surface area contributed by atoms with Crippen LogP contribution in [-0.4, -0.2) is 33.6 Å². The molecule has 5 heterocycles. The first-order valence-corrected chi connectivity index (χ1v) is 19.7. The van der Waals surface area contributed by atoms with E-state index >= 15 is 0 Å². The van der Waals surface area contributed by atoms with Crippen LogP contribution in [0.4, 0.5) is 0 Å². The van der Waals surface area contributed by atoms with Crippen LogP contribution in [0.2, 0.25) is 0 Å². The predicted octanol–water partition coefficient (Wildman–Crippen LogP) is 12.4. The van der Waals surface area contributed by atoms with E-state index in [9.17, 15) is 0 Å². The molecule has 7 aromatic carbocycles. The molecule has 0 saturated carbocycles. The largest absolute Gasteiger partial charge is 0.306 e. The molecular formula is C52H33N7. The molecule has 12 aromatic rings. The summed E-state index contributed by atoms with van der Waals surface area (Å²) in [5, 5.41) is 4.60. The van der Waals surface area contributed by atoms with Gasteiger partial charge in [0.1, 0.15) is 5.52 Å². The number of nitrogens with zero attached hydrogens (tertiary/aromatic N) is 7. The molecule has 7 heteroatoms. The van der Waals surface area contributed by atoms with Crippen molar-refractivity contribution < 1.29 is 0 Å². The van der Waals surface area contributed by atoms with E-state index in [4.69, 9.17) is 19.9 Å². The molecule has 0 aliphatic carbocycles. The average Bonchev–Trinajstić information content (AvgIpc) is 3.95. The van der Waals surface area contributed by atoms with E-state index < -0.39 is 0 Å². The van der Waals surface area contributed by atoms with E-state index in [2.05, 4.69) is 147 Å². The maximum Gasteiger partial charge on any atom is 0.238 e. The van der Waals surface area contributed by atoms with E-state index in [0.29, 0.717) is 17.6 Å². The molecular weight excluding hydrogens is 723 g/mol. The van der Waals surface area contributed by atoms with Crippen LogP contribution >= 0.6 is 0 Å². The lowest BCUT2D eigenvalue weighted by Crippen LogP contribution is -2.06. The summed E-state index contributed by atoms with van der Waals surface area (Å²) in [6.07, 6.45) is 2.01. The molecule has 0 unspecified atom stereocenters. The Balaban J connectivity index is 1.21. The normalized spacial score (nSPS) is 11.7. The third kappa shape index (κ3) is 5.22. The highest BCUT2D eigenvalue weighted by molar-refractivity contribution is 6.25. The van der Waals surface area contributed by atoms with Crippen molar-refractivity contribution in [2.24, 2.45) is 0 Å². The fourth-order valence-electron chi connectivity index (χ4n) is 8.69. The maximum atomic E-state index is 5.29. The Labute approximate surface area is 338 Å². The SMILES string of the molecule is c1ccc(-c2nc(-c3ccccc3)nc(-n3c4ccccc4c4c3c3c(c5ccccc5n3-c3ccccc3)n4-c3ccc(-c4ccc5ccccc5c4)nc3)n2)cc1. The highest BCUT2D eigenvalue weighted by atomic mass is 15.2. The summed E-state index contributed by atoms with van der Waals surface area (Å²) in [5.74, 6) is 1.75. The summed E-state index contributed by atoms with van der Waals surface area (Å²) >= 11 is 0. The van der Waals surface area contributed by atoms with Crippen LogP contribution in [0, 0.1) is 0 Å². The van der Waals surface area contributed by atoms with Crippen molar-refractivity contribution in [1.82, 2.24) is 33.6 Å². The van der Waals surface area contributed by atoms with Gasteiger partial charge in [-0.1, -0.05) is 152 Å². The van der Waals surface area contributed by atoms with Gasteiger partial charge in [-0.25, -0.2) is 4.98 Å². The van der Waals surface area contributed by atoms with E-state index in [-0.39, 0.29) is 0 Å².